The van der Waals surface area contributed by atoms with E-state index in [9.17, 15) is 9.59 Å². The molecule has 0 amide bonds. The van der Waals surface area contributed by atoms with Crippen LogP contribution >= 0.6 is 0 Å². The Morgan fingerprint density at radius 1 is 1.13 bits per heavy atom. The molecule has 0 radical (unpaired) electrons. The quantitative estimate of drug-likeness (QED) is 0.785. The molecule has 0 bridgehead atoms. The number of esters is 1. The molecule has 0 aliphatic heterocycles. The van der Waals surface area contributed by atoms with E-state index in [2.05, 4.69) is 0 Å². The number of nitrogens with zero attached hydrogens (tertiary/aromatic N) is 1. The summed E-state index contributed by atoms with van der Waals surface area (Å²) >= 11 is 0. The minimum Gasteiger partial charge on any atom is -0.462 e. The van der Waals surface area contributed by atoms with E-state index in [1.54, 1.807) is 13.0 Å². The second-order valence-corrected chi connectivity index (χ2v) is 5.04. The maximum absolute atomic E-state index is 12.3. The van der Waals surface area contributed by atoms with Crippen molar-refractivity contribution in [1.29, 1.82) is 0 Å². The average molecular weight is 315 g/mol. The smallest absolute Gasteiger partial charge is 0.418 e. The molecule has 1 aromatic carbocycles. The largest absolute Gasteiger partial charge is 0.462 e. The Bertz CT molecular complexity index is 689. The minimum atomic E-state index is -0.511. The molecule has 1 aromatic heterocycles. The summed E-state index contributed by atoms with van der Waals surface area (Å²) in [5.41, 5.74) is 2.40. The number of benzene rings is 1. The van der Waals surface area contributed by atoms with Crippen LogP contribution in [-0.2, 0) is 15.9 Å². The van der Waals surface area contributed by atoms with Gasteiger partial charge in [0.05, 0.1) is 25.0 Å². The van der Waals surface area contributed by atoms with E-state index in [-0.39, 0.29) is 6.61 Å². The number of rotatable bonds is 5. The molecule has 0 saturated carbocycles. The number of carbonyl (C=O) groups is 2. The summed E-state index contributed by atoms with van der Waals surface area (Å²) in [6, 6.07) is 11.0. The van der Waals surface area contributed by atoms with Crippen LogP contribution in [0.3, 0.4) is 0 Å². The lowest BCUT2D eigenvalue weighted by atomic mass is 10.1. The van der Waals surface area contributed by atoms with E-state index in [1.165, 1.54) is 11.7 Å². The first-order valence-electron chi connectivity index (χ1n) is 7.69. The van der Waals surface area contributed by atoms with Crippen molar-refractivity contribution in [3.8, 4) is 11.3 Å². The van der Waals surface area contributed by atoms with Crippen molar-refractivity contribution in [2.24, 2.45) is 0 Å². The predicted molar refractivity (Wildman–Crippen MR) is 87.6 cm³/mol. The van der Waals surface area contributed by atoms with Crippen LogP contribution in [0.2, 0.25) is 0 Å². The monoisotopic (exact) mass is 315 g/mol. The highest BCUT2D eigenvalue weighted by Gasteiger charge is 2.25. The van der Waals surface area contributed by atoms with Crippen molar-refractivity contribution >= 4 is 12.1 Å². The summed E-state index contributed by atoms with van der Waals surface area (Å²) in [4.78, 5) is 24.6. The van der Waals surface area contributed by atoms with Gasteiger partial charge < -0.3 is 9.47 Å². The fourth-order valence-corrected chi connectivity index (χ4v) is 2.55. The Morgan fingerprint density at radius 2 is 1.83 bits per heavy atom. The number of methoxy groups -OCH3 is 1. The highest BCUT2D eigenvalue weighted by molar-refractivity contribution is 5.99. The normalized spacial score (nSPS) is 10.4. The molecule has 0 fully saturated rings. The van der Waals surface area contributed by atoms with Crippen LogP contribution < -0.4 is 0 Å². The molecule has 2 rings (SSSR count). The summed E-state index contributed by atoms with van der Waals surface area (Å²) in [6.45, 7) is 4.05. The Morgan fingerprint density at radius 3 is 2.39 bits per heavy atom. The number of hydrogen-bond acceptors (Lipinski definition) is 4. The van der Waals surface area contributed by atoms with Crippen molar-refractivity contribution in [2.75, 3.05) is 13.7 Å². The fraction of sp³-hybridized carbons (Fsp3) is 0.333. The first-order valence-corrected chi connectivity index (χ1v) is 7.69. The summed E-state index contributed by atoms with van der Waals surface area (Å²) in [5.74, 6) is -0.439. The second kappa shape index (κ2) is 7.63. The number of aryl methyl sites for hydroxylation is 1. The standard InChI is InChI=1S/C18H21NO4/c1-4-9-14-12-15(17(20)23-5-2)16(19(14)18(21)22-3)13-10-7-6-8-11-13/h6-8,10-12H,4-5,9H2,1-3H3. The van der Waals surface area contributed by atoms with Gasteiger partial charge in [0, 0.05) is 5.69 Å². The van der Waals surface area contributed by atoms with Gasteiger partial charge in [-0.1, -0.05) is 43.7 Å². The average Bonchev–Trinajstić information content (AvgIpc) is 2.95. The zero-order chi connectivity index (χ0) is 16.8. The van der Waals surface area contributed by atoms with Gasteiger partial charge in [-0.2, -0.15) is 0 Å². The Labute approximate surface area is 135 Å². The molecule has 0 spiro atoms. The van der Waals surface area contributed by atoms with Crippen molar-refractivity contribution in [3.63, 3.8) is 0 Å². The van der Waals surface area contributed by atoms with E-state index in [0.29, 0.717) is 17.7 Å². The van der Waals surface area contributed by atoms with Gasteiger partial charge in [0.25, 0.3) is 0 Å². The van der Waals surface area contributed by atoms with Crippen molar-refractivity contribution in [3.05, 3.63) is 47.7 Å². The van der Waals surface area contributed by atoms with Crippen LogP contribution in [0, 0.1) is 0 Å². The molecule has 0 atom stereocenters. The molecule has 5 heteroatoms. The van der Waals surface area contributed by atoms with E-state index in [4.69, 9.17) is 9.47 Å². The molecule has 0 saturated heterocycles. The van der Waals surface area contributed by atoms with Crippen LogP contribution in [0.25, 0.3) is 11.3 Å². The van der Waals surface area contributed by atoms with Crippen LogP contribution in [0.15, 0.2) is 36.4 Å². The van der Waals surface area contributed by atoms with Gasteiger partial charge in [0.2, 0.25) is 0 Å². The first kappa shape index (κ1) is 16.8. The van der Waals surface area contributed by atoms with Gasteiger partial charge in [0.15, 0.2) is 0 Å². The van der Waals surface area contributed by atoms with Gasteiger partial charge in [-0.3, -0.25) is 0 Å². The lowest BCUT2D eigenvalue weighted by Gasteiger charge is -2.11. The summed E-state index contributed by atoms with van der Waals surface area (Å²) < 4.78 is 11.5. The molecule has 1 heterocycles. The molecule has 122 valence electrons. The third-order valence-electron chi connectivity index (χ3n) is 3.48. The van der Waals surface area contributed by atoms with Crippen molar-refractivity contribution in [2.45, 2.75) is 26.7 Å². The third-order valence-corrected chi connectivity index (χ3v) is 3.48. The van der Waals surface area contributed by atoms with Crippen LogP contribution in [-0.4, -0.2) is 30.3 Å². The number of aromatic nitrogens is 1. The lowest BCUT2D eigenvalue weighted by Crippen LogP contribution is -2.16. The van der Waals surface area contributed by atoms with Gasteiger partial charge in [0.1, 0.15) is 0 Å². The summed E-state index contributed by atoms with van der Waals surface area (Å²) in [7, 11) is 1.33. The van der Waals surface area contributed by atoms with Crippen molar-refractivity contribution < 1.29 is 19.1 Å². The third kappa shape index (κ3) is 3.44. The van der Waals surface area contributed by atoms with Gasteiger partial charge in [-0.05, 0) is 25.0 Å². The predicted octanol–water partition coefficient (Wildman–Crippen LogP) is 3.90. The number of ether oxygens (including phenoxy) is 2. The molecule has 0 unspecified atom stereocenters. The van der Waals surface area contributed by atoms with Gasteiger partial charge in [-0.25, -0.2) is 14.2 Å². The highest BCUT2D eigenvalue weighted by Crippen LogP contribution is 2.29. The maximum Gasteiger partial charge on any atom is 0.418 e. The summed E-state index contributed by atoms with van der Waals surface area (Å²) in [5, 5.41) is 0. The maximum atomic E-state index is 12.3. The highest BCUT2D eigenvalue weighted by atomic mass is 16.5. The van der Waals surface area contributed by atoms with E-state index in [1.807, 2.05) is 37.3 Å². The zero-order valence-electron chi connectivity index (χ0n) is 13.7. The van der Waals surface area contributed by atoms with E-state index >= 15 is 0 Å². The lowest BCUT2D eigenvalue weighted by molar-refractivity contribution is 0.0527. The minimum absolute atomic E-state index is 0.277. The molecule has 0 N–H and O–H groups in total. The van der Waals surface area contributed by atoms with Crippen LogP contribution in [0.1, 0.15) is 36.3 Å². The molecule has 0 aliphatic carbocycles. The van der Waals surface area contributed by atoms with Crippen LogP contribution in [0.5, 0.6) is 0 Å². The van der Waals surface area contributed by atoms with Crippen molar-refractivity contribution in [1.82, 2.24) is 4.57 Å². The van der Waals surface area contributed by atoms with Gasteiger partial charge >= 0.3 is 12.1 Å². The Balaban J connectivity index is 2.71. The molecule has 5 nitrogen and oxygen atoms in total. The van der Waals surface area contributed by atoms with Gasteiger partial charge in [-0.15, -0.1) is 0 Å². The summed E-state index contributed by atoms with van der Waals surface area (Å²) in [6.07, 6.45) is 0.995. The Kier molecular flexibility index (Phi) is 5.57. The molecular formula is C18H21NO4. The van der Waals surface area contributed by atoms with E-state index < -0.39 is 12.1 Å². The Hall–Kier alpha value is -2.56. The number of hydrogen-bond donors (Lipinski definition) is 0. The topological polar surface area (TPSA) is 57.5 Å². The SMILES string of the molecule is CCCc1cc(C(=O)OCC)c(-c2ccccc2)n1C(=O)OC. The second-order valence-electron chi connectivity index (χ2n) is 5.04. The molecule has 23 heavy (non-hydrogen) atoms. The number of carbonyl (C=O) groups excluding carboxylic acids is 2. The molecular weight excluding hydrogens is 294 g/mol. The van der Waals surface area contributed by atoms with E-state index in [0.717, 1.165) is 17.7 Å². The van der Waals surface area contributed by atoms with Crippen LogP contribution in [0.4, 0.5) is 4.79 Å². The zero-order valence-corrected chi connectivity index (χ0v) is 13.7. The molecule has 2 aromatic rings. The molecule has 0 aliphatic rings. The fourth-order valence-electron chi connectivity index (χ4n) is 2.55. The first-order chi connectivity index (χ1) is 11.1.